The molecule has 19 heavy (non-hydrogen) atoms. The van der Waals surface area contributed by atoms with Gasteiger partial charge in [0.15, 0.2) is 0 Å². The highest BCUT2D eigenvalue weighted by Crippen LogP contribution is 2.42. The van der Waals surface area contributed by atoms with Crippen molar-refractivity contribution in [2.45, 2.75) is 46.1 Å². The van der Waals surface area contributed by atoms with E-state index in [1.165, 1.54) is 11.1 Å². The molecule has 0 saturated heterocycles. The van der Waals surface area contributed by atoms with Crippen LogP contribution in [0.25, 0.3) is 0 Å². The van der Waals surface area contributed by atoms with Crippen molar-refractivity contribution in [3.8, 4) is 6.07 Å². The first kappa shape index (κ1) is 13.8. The van der Waals surface area contributed by atoms with Gasteiger partial charge in [0.2, 0.25) is 0 Å². The minimum Gasteiger partial charge on any atom is -0.393 e. The summed E-state index contributed by atoms with van der Waals surface area (Å²) < 4.78 is 0. The Kier molecular flexibility index (Phi) is 3.78. The van der Waals surface area contributed by atoms with Gasteiger partial charge in [-0.3, -0.25) is 0 Å². The minimum absolute atomic E-state index is 0.00428. The van der Waals surface area contributed by atoms with E-state index in [0.29, 0.717) is 0 Å². The van der Waals surface area contributed by atoms with Crippen LogP contribution in [0.15, 0.2) is 35.4 Å². The maximum atomic E-state index is 9.91. The first-order valence-electron chi connectivity index (χ1n) is 6.79. The van der Waals surface area contributed by atoms with E-state index in [1.807, 2.05) is 24.3 Å². The van der Waals surface area contributed by atoms with Gasteiger partial charge in [0.25, 0.3) is 0 Å². The topological polar surface area (TPSA) is 44.0 Å². The molecule has 0 heterocycles. The largest absolute Gasteiger partial charge is 0.393 e. The summed E-state index contributed by atoms with van der Waals surface area (Å²) in [5, 5.41) is 19.1. The van der Waals surface area contributed by atoms with E-state index in [-0.39, 0.29) is 11.5 Å². The summed E-state index contributed by atoms with van der Waals surface area (Å²) in [5.41, 5.74) is 4.50. The van der Waals surface area contributed by atoms with Crippen molar-refractivity contribution < 1.29 is 5.11 Å². The zero-order valence-corrected chi connectivity index (χ0v) is 11.9. The summed E-state index contributed by atoms with van der Waals surface area (Å²) in [4.78, 5) is 0. The van der Waals surface area contributed by atoms with Gasteiger partial charge in [-0.25, -0.2) is 0 Å². The van der Waals surface area contributed by atoms with Crippen molar-refractivity contribution >= 4 is 0 Å². The van der Waals surface area contributed by atoms with Crippen molar-refractivity contribution in [2.24, 2.45) is 5.41 Å². The highest BCUT2D eigenvalue weighted by atomic mass is 16.3. The van der Waals surface area contributed by atoms with Gasteiger partial charge < -0.3 is 5.11 Å². The first-order chi connectivity index (χ1) is 8.94. The standard InChI is InChI=1S/C17H21NO/c1-12-8-15(19)10-17(2,3)16(12)9-13-6-4-5-7-14(13)11-18/h4-7,15,19H,8-10H2,1-3H3. The van der Waals surface area contributed by atoms with Gasteiger partial charge in [-0.1, -0.05) is 43.2 Å². The molecular formula is C17H21NO. The summed E-state index contributed by atoms with van der Waals surface area (Å²) in [5.74, 6) is 0. The average Bonchev–Trinajstić information content (AvgIpc) is 2.33. The van der Waals surface area contributed by atoms with Crippen LogP contribution in [0, 0.1) is 16.7 Å². The van der Waals surface area contributed by atoms with E-state index in [4.69, 9.17) is 0 Å². The maximum Gasteiger partial charge on any atom is 0.0994 e. The Bertz CT molecular complexity index is 549. The lowest BCUT2D eigenvalue weighted by atomic mass is 9.69. The predicted octanol–water partition coefficient (Wildman–Crippen LogP) is 3.60. The Morgan fingerprint density at radius 3 is 2.68 bits per heavy atom. The fourth-order valence-corrected chi connectivity index (χ4v) is 3.20. The van der Waals surface area contributed by atoms with Gasteiger partial charge in [0, 0.05) is 0 Å². The van der Waals surface area contributed by atoms with Crippen LogP contribution in [0.3, 0.4) is 0 Å². The molecule has 1 aliphatic rings. The van der Waals surface area contributed by atoms with Crippen LogP contribution in [-0.4, -0.2) is 11.2 Å². The zero-order chi connectivity index (χ0) is 14.0. The van der Waals surface area contributed by atoms with Gasteiger partial charge in [0.1, 0.15) is 0 Å². The van der Waals surface area contributed by atoms with Crippen LogP contribution in [0.5, 0.6) is 0 Å². The Hall–Kier alpha value is -1.59. The quantitative estimate of drug-likeness (QED) is 0.821. The van der Waals surface area contributed by atoms with Gasteiger partial charge in [0.05, 0.1) is 17.7 Å². The number of rotatable bonds is 2. The lowest BCUT2D eigenvalue weighted by molar-refractivity contribution is 0.113. The van der Waals surface area contributed by atoms with Crippen molar-refractivity contribution in [1.82, 2.24) is 0 Å². The predicted molar refractivity (Wildman–Crippen MR) is 76.6 cm³/mol. The summed E-state index contributed by atoms with van der Waals surface area (Å²) >= 11 is 0. The summed E-state index contributed by atoms with van der Waals surface area (Å²) in [6.45, 7) is 6.47. The number of hydrogen-bond donors (Lipinski definition) is 1. The third-order valence-corrected chi connectivity index (χ3v) is 4.12. The monoisotopic (exact) mass is 255 g/mol. The minimum atomic E-state index is -0.232. The number of allylic oxidation sites excluding steroid dienone is 1. The molecule has 2 rings (SSSR count). The van der Waals surface area contributed by atoms with E-state index in [1.54, 1.807) is 0 Å². The number of benzene rings is 1. The van der Waals surface area contributed by atoms with Gasteiger partial charge in [-0.05, 0) is 43.2 Å². The molecule has 1 unspecified atom stereocenters. The molecule has 2 nitrogen and oxygen atoms in total. The second-order valence-corrected chi connectivity index (χ2v) is 6.15. The molecular weight excluding hydrogens is 234 g/mol. The molecule has 0 aromatic heterocycles. The smallest absolute Gasteiger partial charge is 0.0994 e. The molecule has 0 bridgehead atoms. The van der Waals surface area contributed by atoms with Crippen LogP contribution in [0.4, 0.5) is 0 Å². The van der Waals surface area contributed by atoms with Crippen molar-refractivity contribution in [3.05, 3.63) is 46.5 Å². The third-order valence-electron chi connectivity index (χ3n) is 4.12. The molecule has 0 aliphatic heterocycles. The molecule has 100 valence electrons. The fourth-order valence-electron chi connectivity index (χ4n) is 3.20. The fraction of sp³-hybridized carbons (Fsp3) is 0.471. The van der Waals surface area contributed by atoms with Crippen LogP contribution >= 0.6 is 0 Å². The van der Waals surface area contributed by atoms with Gasteiger partial charge >= 0.3 is 0 Å². The van der Waals surface area contributed by atoms with Gasteiger partial charge in [-0.15, -0.1) is 0 Å². The average molecular weight is 255 g/mol. The van der Waals surface area contributed by atoms with E-state index >= 15 is 0 Å². The Balaban J connectivity index is 2.37. The lowest BCUT2D eigenvalue weighted by Crippen LogP contribution is -2.30. The molecule has 2 heteroatoms. The van der Waals surface area contributed by atoms with Gasteiger partial charge in [-0.2, -0.15) is 5.26 Å². The number of aliphatic hydroxyl groups excluding tert-OH is 1. The number of aliphatic hydroxyl groups is 1. The zero-order valence-electron chi connectivity index (χ0n) is 11.9. The van der Waals surface area contributed by atoms with E-state index < -0.39 is 0 Å². The second kappa shape index (κ2) is 5.19. The summed E-state index contributed by atoms with van der Waals surface area (Å²) in [6, 6.07) is 10.0. The van der Waals surface area contributed by atoms with Crippen LogP contribution in [0.1, 0.15) is 44.7 Å². The molecule has 1 aromatic rings. The molecule has 1 aliphatic carbocycles. The molecule has 1 atom stereocenters. The second-order valence-electron chi connectivity index (χ2n) is 6.15. The van der Waals surface area contributed by atoms with E-state index in [2.05, 4.69) is 26.8 Å². The van der Waals surface area contributed by atoms with Crippen molar-refractivity contribution in [2.75, 3.05) is 0 Å². The molecule has 0 radical (unpaired) electrons. The maximum absolute atomic E-state index is 9.91. The lowest BCUT2D eigenvalue weighted by Gasteiger charge is -2.37. The highest BCUT2D eigenvalue weighted by Gasteiger charge is 2.32. The van der Waals surface area contributed by atoms with E-state index in [0.717, 1.165) is 30.4 Å². The highest BCUT2D eigenvalue weighted by molar-refractivity contribution is 5.41. The van der Waals surface area contributed by atoms with Crippen molar-refractivity contribution in [1.29, 1.82) is 5.26 Å². The molecule has 0 amide bonds. The Morgan fingerprint density at radius 2 is 2.05 bits per heavy atom. The van der Waals surface area contributed by atoms with E-state index in [9.17, 15) is 10.4 Å². The third kappa shape index (κ3) is 2.88. The van der Waals surface area contributed by atoms with Crippen LogP contribution < -0.4 is 0 Å². The number of nitriles is 1. The summed E-state index contributed by atoms with van der Waals surface area (Å²) in [6.07, 6.45) is 2.14. The number of hydrogen-bond acceptors (Lipinski definition) is 2. The normalized spacial score (nSPS) is 22.2. The SMILES string of the molecule is CC1=C(Cc2ccccc2C#N)C(C)(C)CC(O)C1. The molecule has 0 fully saturated rings. The Labute approximate surface area is 115 Å². The molecule has 0 saturated carbocycles. The van der Waals surface area contributed by atoms with Crippen molar-refractivity contribution in [3.63, 3.8) is 0 Å². The number of nitrogens with zero attached hydrogens (tertiary/aromatic N) is 1. The first-order valence-corrected chi connectivity index (χ1v) is 6.79. The summed E-state index contributed by atoms with van der Waals surface area (Å²) in [7, 11) is 0. The Morgan fingerprint density at radius 1 is 1.37 bits per heavy atom. The molecule has 0 spiro atoms. The van der Waals surface area contributed by atoms with Crippen LogP contribution in [-0.2, 0) is 6.42 Å². The van der Waals surface area contributed by atoms with Crippen LogP contribution in [0.2, 0.25) is 0 Å². The molecule has 1 N–H and O–H groups in total. The molecule has 1 aromatic carbocycles.